The number of unbranched alkanes of at least 4 members (excludes halogenated alkanes) is 2. The number of aliphatic hydroxyl groups excluding tert-OH is 1. The van der Waals surface area contributed by atoms with E-state index in [4.69, 9.17) is 9.47 Å². The van der Waals surface area contributed by atoms with Crippen molar-refractivity contribution >= 4 is 0 Å². The summed E-state index contributed by atoms with van der Waals surface area (Å²) in [7, 11) is 0. The molecule has 24 heavy (non-hydrogen) atoms. The van der Waals surface area contributed by atoms with Crippen molar-refractivity contribution < 1.29 is 14.6 Å². The lowest BCUT2D eigenvalue weighted by atomic mass is 9.95. The first-order valence-corrected chi connectivity index (χ1v) is 9.02. The van der Waals surface area contributed by atoms with Crippen LogP contribution < -0.4 is 0 Å². The fourth-order valence-electron chi connectivity index (χ4n) is 2.34. The topological polar surface area (TPSA) is 38.7 Å². The van der Waals surface area contributed by atoms with Crippen LogP contribution in [0.2, 0.25) is 0 Å². The molecule has 134 valence electrons. The highest BCUT2D eigenvalue weighted by Gasteiger charge is 2.13. The zero-order chi connectivity index (χ0) is 17.5. The van der Waals surface area contributed by atoms with Crippen LogP contribution in [0, 0.1) is 5.92 Å². The van der Waals surface area contributed by atoms with Crippen molar-refractivity contribution in [1.29, 1.82) is 0 Å². The Labute approximate surface area is 147 Å². The predicted octanol–water partition coefficient (Wildman–Crippen LogP) is 5.21. The van der Waals surface area contributed by atoms with Crippen LogP contribution in [0.3, 0.4) is 0 Å². The van der Waals surface area contributed by atoms with E-state index in [-0.39, 0.29) is 12.7 Å². The summed E-state index contributed by atoms with van der Waals surface area (Å²) in [5.41, 5.74) is 1.13. The van der Waals surface area contributed by atoms with Gasteiger partial charge in [0.25, 0.3) is 0 Å². The van der Waals surface area contributed by atoms with Crippen LogP contribution in [0.5, 0.6) is 0 Å². The third-order valence-electron chi connectivity index (χ3n) is 3.80. The van der Waals surface area contributed by atoms with Crippen LogP contribution in [0.1, 0.15) is 51.5 Å². The second-order valence-electron chi connectivity index (χ2n) is 5.96. The van der Waals surface area contributed by atoms with Crippen molar-refractivity contribution in [2.75, 3.05) is 6.79 Å². The molecule has 0 spiro atoms. The average molecular weight is 332 g/mol. The minimum absolute atomic E-state index is 0.0900. The van der Waals surface area contributed by atoms with Gasteiger partial charge in [0.15, 0.2) is 6.79 Å². The van der Waals surface area contributed by atoms with Gasteiger partial charge in [-0.15, -0.1) is 0 Å². The standard InChI is InChI=1S/C21H32O3/c1-3-5-8-14-21(22)20(13-6-4-2)15-16-23-18-24-17-19-11-9-7-10-12-19/h7-12,14-16,20-22H,3-6,13,17-18H2,1-2H3/b14-8+,16-15-/t20-,21-/m0/s1. The Kier molecular flexibility index (Phi) is 11.8. The lowest BCUT2D eigenvalue weighted by Crippen LogP contribution is -2.16. The van der Waals surface area contributed by atoms with Gasteiger partial charge in [-0.2, -0.15) is 0 Å². The summed E-state index contributed by atoms with van der Waals surface area (Å²) < 4.78 is 10.9. The van der Waals surface area contributed by atoms with Crippen molar-refractivity contribution in [3.63, 3.8) is 0 Å². The first kappa shape index (κ1) is 20.5. The molecular weight excluding hydrogens is 300 g/mol. The second kappa shape index (κ2) is 13.8. The molecule has 1 N–H and O–H groups in total. The number of allylic oxidation sites excluding steroid dienone is 1. The van der Waals surface area contributed by atoms with Gasteiger partial charge in [-0.05, 0) is 24.5 Å². The van der Waals surface area contributed by atoms with E-state index < -0.39 is 6.10 Å². The lowest BCUT2D eigenvalue weighted by molar-refractivity contribution is -0.0213. The molecule has 0 unspecified atom stereocenters. The Hall–Kier alpha value is -1.58. The normalized spacial score (nSPS) is 14.3. The molecule has 0 aliphatic rings. The van der Waals surface area contributed by atoms with Crippen molar-refractivity contribution in [3.8, 4) is 0 Å². The first-order chi connectivity index (χ1) is 11.8. The quantitative estimate of drug-likeness (QED) is 0.233. The number of ether oxygens (including phenoxy) is 2. The molecule has 0 fully saturated rings. The van der Waals surface area contributed by atoms with Gasteiger partial charge >= 0.3 is 0 Å². The van der Waals surface area contributed by atoms with Gasteiger partial charge in [-0.3, -0.25) is 0 Å². The van der Waals surface area contributed by atoms with E-state index in [1.165, 1.54) is 0 Å². The number of hydrogen-bond donors (Lipinski definition) is 1. The number of aliphatic hydroxyl groups is 1. The Bertz CT molecular complexity index is 453. The van der Waals surface area contributed by atoms with Crippen LogP contribution in [0.25, 0.3) is 0 Å². The summed E-state index contributed by atoms with van der Waals surface area (Å²) in [6.07, 6.45) is 12.4. The van der Waals surface area contributed by atoms with Gasteiger partial charge in [0, 0.05) is 5.92 Å². The maximum atomic E-state index is 10.3. The molecule has 2 atom stereocenters. The average Bonchev–Trinajstić information content (AvgIpc) is 2.61. The van der Waals surface area contributed by atoms with Crippen LogP contribution in [0.15, 0.2) is 54.8 Å². The molecule has 0 aliphatic carbocycles. The molecule has 0 saturated heterocycles. The van der Waals surface area contributed by atoms with Crippen LogP contribution in [-0.2, 0) is 16.1 Å². The van der Waals surface area contributed by atoms with Gasteiger partial charge in [-0.25, -0.2) is 0 Å². The van der Waals surface area contributed by atoms with Gasteiger partial charge in [0.05, 0.1) is 19.0 Å². The zero-order valence-electron chi connectivity index (χ0n) is 15.1. The molecular formula is C21H32O3. The van der Waals surface area contributed by atoms with E-state index in [9.17, 15) is 5.11 Å². The van der Waals surface area contributed by atoms with E-state index in [2.05, 4.69) is 19.9 Å². The van der Waals surface area contributed by atoms with Crippen LogP contribution in [-0.4, -0.2) is 18.0 Å². The summed E-state index contributed by atoms with van der Waals surface area (Å²) in [4.78, 5) is 0. The summed E-state index contributed by atoms with van der Waals surface area (Å²) in [6, 6.07) is 10.0. The fourth-order valence-corrected chi connectivity index (χ4v) is 2.34. The van der Waals surface area contributed by atoms with Crippen molar-refractivity contribution in [2.24, 2.45) is 5.92 Å². The smallest absolute Gasteiger partial charge is 0.188 e. The highest BCUT2D eigenvalue weighted by Crippen LogP contribution is 2.16. The molecule has 1 rings (SSSR count). The monoisotopic (exact) mass is 332 g/mol. The SMILES string of the molecule is CCC/C=C/[C@H](O)[C@H](/C=C\OCOCc1ccccc1)CCCC. The highest BCUT2D eigenvalue weighted by molar-refractivity contribution is 5.13. The van der Waals surface area contributed by atoms with Crippen LogP contribution in [0.4, 0.5) is 0 Å². The molecule has 0 aliphatic heterocycles. The summed E-state index contributed by atoms with van der Waals surface area (Å²) in [5, 5.41) is 10.3. The number of hydrogen-bond acceptors (Lipinski definition) is 3. The third kappa shape index (κ3) is 9.53. The first-order valence-electron chi connectivity index (χ1n) is 9.02. The third-order valence-corrected chi connectivity index (χ3v) is 3.80. The molecule has 0 radical (unpaired) electrons. The minimum atomic E-state index is -0.451. The van der Waals surface area contributed by atoms with Gasteiger partial charge < -0.3 is 14.6 Å². The van der Waals surface area contributed by atoms with E-state index in [0.717, 1.165) is 37.7 Å². The van der Waals surface area contributed by atoms with Crippen LogP contribution >= 0.6 is 0 Å². The minimum Gasteiger partial charge on any atom is -0.475 e. The predicted molar refractivity (Wildman–Crippen MR) is 99.4 cm³/mol. The maximum Gasteiger partial charge on any atom is 0.188 e. The van der Waals surface area contributed by atoms with Crippen molar-refractivity contribution in [1.82, 2.24) is 0 Å². The number of benzene rings is 1. The molecule has 0 saturated carbocycles. The Morgan fingerprint density at radius 1 is 1.08 bits per heavy atom. The molecule has 0 amide bonds. The summed E-state index contributed by atoms with van der Waals surface area (Å²) in [6.45, 7) is 5.05. The highest BCUT2D eigenvalue weighted by atomic mass is 16.7. The molecule has 1 aromatic carbocycles. The second-order valence-corrected chi connectivity index (χ2v) is 5.96. The lowest BCUT2D eigenvalue weighted by Gasteiger charge is -2.16. The van der Waals surface area contributed by atoms with E-state index in [1.807, 2.05) is 42.5 Å². The molecule has 0 bridgehead atoms. The van der Waals surface area contributed by atoms with Crippen molar-refractivity contribution in [3.05, 3.63) is 60.4 Å². The van der Waals surface area contributed by atoms with Gasteiger partial charge in [-0.1, -0.05) is 75.6 Å². The van der Waals surface area contributed by atoms with Crippen molar-refractivity contribution in [2.45, 2.75) is 58.7 Å². The Morgan fingerprint density at radius 2 is 1.88 bits per heavy atom. The maximum absolute atomic E-state index is 10.3. The van der Waals surface area contributed by atoms with E-state index in [0.29, 0.717) is 6.61 Å². The van der Waals surface area contributed by atoms with Gasteiger partial charge in [0.1, 0.15) is 0 Å². The van der Waals surface area contributed by atoms with E-state index in [1.54, 1.807) is 6.26 Å². The van der Waals surface area contributed by atoms with Gasteiger partial charge in [0.2, 0.25) is 0 Å². The largest absolute Gasteiger partial charge is 0.475 e. The molecule has 0 heterocycles. The number of rotatable bonds is 13. The Morgan fingerprint density at radius 3 is 2.58 bits per heavy atom. The van der Waals surface area contributed by atoms with E-state index >= 15 is 0 Å². The summed E-state index contributed by atoms with van der Waals surface area (Å²) in [5.74, 6) is 0.0900. The fraction of sp³-hybridized carbons (Fsp3) is 0.524. The molecule has 1 aromatic rings. The molecule has 3 heteroatoms. The summed E-state index contributed by atoms with van der Waals surface area (Å²) >= 11 is 0. The zero-order valence-corrected chi connectivity index (χ0v) is 15.1. The molecule has 3 nitrogen and oxygen atoms in total. The molecule has 0 aromatic heterocycles. The Balaban J connectivity index is 2.32.